The van der Waals surface area contributed by atoms with Gasteiger partial charge in [0.25, 0.3) is 0 Å². The highest BCUT2D eigenvalue weighted by Gasteiger charge is 2.07. The Morgan fingerprint density at radius 1 is 1.43 bits per heavy atom. The quantitative estimate of drug-likeness (QED) is 0.646. The monoisotopic (exact) mass is 197 g/mol. The van der Waals surface area contributed by atoms with Crippen LogP contribution < -0.4 is 16.8 Å². The lowest BCUT2D eigenvalue weighted by Gasteiger charge is -2.13. The first-order chi connectivity index (χ1) is 6.54. The third-order valence-corrected chi connectivity index (χ3v) is 1.89. The molecule has 0 aliphatic carbocycles. The molecule has 0 aliphatic rings. The first-order valence-electron chi connectivity index (χ1n) is 4.59. The van der Waals surface area contributed by atoms with Crippen molar-refractivity contribution in [2.45, 2.75) is 26.4 Å². The molecule has 3 nitrogen and oxygen atoms in total. The summed E-state index contributed by atoms with van der Waals surface area (Å²) in [4.78, 5) is 0. The van der Waals surface area contributed by atoms with Crippen molar-refractivity contribution < 1.29 is 4.39 Å². The molecule has 14 heavy (non-hydrogen) atoms. The normalized spacial score (nSPS) is 10.6. The molecule has 1 aromatic rings. The number of rotatable bonds is 3. The van der Waals surface area contributed by atoms with Crippen molar-refractivity contribution in [2.24, 2.45) is 5.73 Å². The third kappa shape index (κ3) is 2.35. The SMILES string of the molecule is CC(C)Nc1cc(CN)c(N)cc1F. The fourth-order valence-corrected chi connectivity index (χ4v) is 1.23. The summed E-state index contributed by atoms with van der Waals surface area (Å²) in [5, 5.41) is 2.99. The Balaban J connectivity index is 3.04. The lowest BCUT2D eigenvalue weighted by Crippen LogP contribution is -2.12. The zero-order valence-electron chi connectivity index (χ0n) is 8.47. The molecule has 5 N–H and O–H groups in total. The maximum atomic E-state index is 13.3. The molecular weight excluding hydrogens is 181 g/mol. The van der Waals surface area contributed by atoms with Gasteiger partial charge < -0.3 is 16.8 Å². The van der Waals surface area contributed by atoms with E-state index in [4.69, 9.17) is 11.5 Å². The standard InChI is InChI=1S/C10H16FN3/c1-6(2)14-10-3-7(5-12)9(13)4-8(10)11/h3-4,6,14H,5,12-13H2,1-2H3. The minimum atomic E-state index is -0.339. The predicted octanol–water partition coefficient (Wildman–Crippen LogP) is 1.69. The number of nitrogens with one attached hydrogen (secondary N) is 1. The van der Waals surface area contributed by atoms with Gasteiger partial charge in [0.2, 0.25) is 0 Å². The van der Waals surface area contributed by atoms with E-state index >= 15 is 0 Å². The van der Waals surface area contributed by atoms with Gasteiger partial charge in [-0.2, -0.15) is 0 Å². The lowest BCUT2D eigenvalue weighted by atomic mass is 10.1. The number of hydrogen-bond donors (Lipinski definition) is 3. The van der Waals surface area contributed by atoms with Crippen LogP contribution in [0.15, 0.2) is 12.1 Å². The average molecular weight is 197 g/mol. The summed E-state index contributed by atoms with van der Waals surface area (Å²) in [7, 11) is 0. The molecule has 0 bridgehead atoms. The van der Waals surface area contributed by atoms with Crippen LogP contribution in [0.2, 0.25) is 0 Å². The predicted molar refractivity (Wildman–Crippen MR) is 57.5 cm³/mol. The molecule has 4 heteroatoms. The number of halogens is 1. The van der Waals surface area contributed by atoms with E-state index in [0.717, 1.165) is 5.56 Å². The second-order valence-corrected chi connectivity index (χ2v) is 3.53. The van der Waals surface area contributed by atoms with Crippen molar-refractivity contribution in [2.75, 3.05) is 11.1 Å². The van der Waals surface area contributed by atoms with Crippen LogP contribution >= 0.6 is 0 Å². The molecule has 0 radical (unpaired) electrons. The van der Waals surface area contributed by atoms with Crippen LogP contribution in [0.1, 0.15) is 19.4 Å². The van der Waals surface area contributed by atoms with Crippen molar-refractivity contribution in [1.82, 2.24) is 0 Å². The molecule has 0 saturated carbocycles. The molecule has 0 amide bonds. The van der Waals surface area contributed by atoms with E-state index in [0.29, 0.717) is 17.9 Å². The molecule has 0 aliphatic heterocycles. The third-order valence-electron chi connectivity index (χ3n) is 1.89. The van der Waals surface area contributed by atoms with Gasteiger partial charge in [0.15, 0.2) is 0 Å². The van der Waals surface area contributed by atoms with Crippen LogP contribution in [-0.2, 0) is 6.54 Å². The van der Waals surface area contributed by atoms with Gasteiger partial charge in [0.1, 0.15) is 5.82 Å². The van der Waals surface area contributed by atoms with E-state index in [-0.39, 0.29) is 11.9 Å². The number of nitrogens with two attached hydrogens (primary N) is 2. The van der Waals surface area contributed by atoms with Gasteiger partial charge in [-0.25, -0.2) is 4.39 Å². The molecule has 0 aromatic heterocycles. The Bertz CT molecular complexity index is 323. The van der Waals surface area contributed by atoms with Crippen molar-refractivity contribution in [1.29, 1.82) is 0 Å². The molecule has 0 heterocycles. The molecule has 1 aromatic carbocycles. The highest BCUT2D eigenvalue weighted by atomic mass is 19.1. The second kappa shape index (κ2) is 4.28. The summed E-state index contributed by atoms with van der Waals surface area (Å²) in [6.07, 6.45) is 0. The first kappa shape index (κ1) is 10.8. The Hall–Kier alpha value is -1.29. The van der Waals surface area contributed by atoms with E-state index in [9.17, 15) is 4.39 Å². The molecule has 0 spiro atoms. The van der Waals surface area contributed by atoms with Crippen LogP contribution in [0.3, 0.4) is 0 Å². The second-order valence-electron chi connectivity index (χ2n) is 3.53. The van der Waals surface area contributed by atoms with E-state index in [1.807, 2.05) is 13.8 Å². The number of hydrogen-bond acceptors (Lipinski definition) is 3. The summed E-state index contributed by atoms with van der Waals surface area (Å²) in [5.74, 6) is -0.339. The minimum Gasteiger partial charge on any atom is -0.398 e. The van der Waals surface area contributed by atoms with Gasteiger partial charge in [-0.3, -0.25) is 0 Å². The van der Waals surface area contributed by atoms with Crippen LogP contribution in [0, 0.1) is 5.82 Å². The highest BCUT2D eigenvalue weighted by Crippen LogP contribution is 2.22. The Morgan fingerprint density at radius 3 is 2.57 bits per heavy atom. The Kier molecular flexibility index (Phi) is 3.30. The number of benzene rings is 1. The van der Waals surface area contributed by atoms with Crippen LogP contribution in [0.4, 0.5) is 15.8 Å². The van der Waals surface area contributed by atoms with E-state index in [1.165, 1.54) is 6.07 Å². The lowest BCUT2D eigenvalue weighted by molar-refractivity contribution is 0.628. The largest absolute Gasteiger partial charge is 0.398 e. The summed E-state index contributed by atoms with van der Waals surface area (Å²) >= 11 is 0. The highest BCUT2D eigenvalue weighted by molar-refractivity contribution is 5.58. The van der Waals surface area contributed by atoms with Crippen LogP contribution in [0.25, 0.3) is 0 Å². The van der Waals surface area contributed by atoms with Gasteiger partial charge in [-0.1, -0.05) is 0 Å². The summed E-state index contributed by atoms with van der Waals surface area (Å²) in [6.45, 7) is 4.20. The number of anilines is 2. The van der Waals surface area contributed by atoms with E-state index in [1.54, 1.807) is 6.07 Å². The van der Waals surface area contributed by atoms with E-state index in [2.05, 4.69) is 5.32 Å². The Morgan fingerprint density at radius 2 is 2.07 bits per heavy atom. The van der Waals surface area contributed by atoms with Crippen molar-refractivity contribution in [3.05, 3.63) is 23.5 Å². The molecular formula is C10H16FN3. The summed E-state index contributed by atoms with van der Waals surface area (Å²) < 4.78 is 13.3. The maximum Gasteiger partial charge on any atom is 0.148 e. The molecule has 0 atom stereocenters. The van der Waals surface area contributed by atoms with E-state index < -0.39 is 0 Å². The number of nitrogen functional groups attached to an aromatic ring is 1. The smallest absolute Gasteiger partial charge is 0.148 e. The van der Waals surface area contributed by atoms with Crippen LogP contribution in [-0.4, -0.2) is 6.04 Å². The maximum absolute atomic E-state index is 13.3. The van der Waals surface area contributed by atoms with Crippen molar-refractivity contribution in [3.8, 4) is 0 Å². The van der Waals surface area contributed by atoms with Gasteiger partial charge in [0.05, 0.1) is 5.69 Å². The zero-order valence-corrected chi connectivity index (χ0v) is 8.47. The zero-order chi connectivity index (χ0) is 10.7. The fourth-order valence-electron chi connectivity index (χ4n) is 1.23. The molecule has 0 unspecified atom stereocenters. The van der Waals surface area contributed by atoms with Crippen molar-refractivity contribution in [3.63, 3.8) is 0 Å². The average Bonchev–Trinajstić information content (AvgIpc) is 2.09. The summed E-state index contributed by atoms with van der Waals surface area (Å²) in [5.41, 5.74) is 12.7. The van der Waals surface area contributed by atoms with Crippen molar-refractivity contribution >= 4 is 11.4 Å². The van der Waals surface area contributed by atoms with Gasteiger partial charge >= 0.3 is 0 Å². The van der Waals surface area contributed by atoms with Gasteiger partial charge in [-0.15, -0.1) is 0 Å². The first-order valence-corrected chi connectivity index (χ1v) is 4.59. The molecule has 78 valence electrons. The topological polar surface area (TPSA) is 64.1 Å². The Labute approximate surface area is 83.3 Å². The van der Waals surface area contributed by atoms with Crippen LogP contribution in [0.5, 0.6) is 0 Å². The fraction of sp³-hybridized carbons (Fsp3) is 0.400. The van der Waals surface area contributed by atoms with Gasteiger partial charge in [0, 0.05) is 18.3 Å². The molecule has 0 saturated heterocycles. The molecule has 0 fully saturated rings. The molecule has 1 rings (SSSR count). The van der Waals surface area contributed by atoms with Gasteiger partial charge in [-0.05, 0) is 31.5 Å². The summed E-state index contributed by atoms with van der Waals surface area (Å²) in [6, 6.07) is 3.14. The minimum absolute atomic E-state index is 0.179.